The highest BCUT2D eigenvalue weighted by Gasteiger charge is 2.33. The van der Waals surface area contributed by atoms with Crippen molar-refractivity contribution in [1.29, 1.82) is 0 Å². The van der Waals surface area contributed by atoms with Crippen LogP contribution in [0, 0.1) is 0 Å². The molecule has 1 N–H and O–H groups in total. The van der Waals surface area contributed by atoms with Crippen LogP contribution in [-0.2, 0) is 11.2 Å². The number of carbonyl (C=O) groups excluding carboxylic acids is 2. The zero-order valence-corrected chi connectivity index (χ0v) is 17.6. The zero-order chi connectivity index (χ0) is 20.5. The van der Waals surface area contributed by atoms with Crippen LogP contribution >= 0.6 is 11.3 Å². The molecule has 5 rings (SSSR count). The van der Waals surface area contributed by atoms with Crippen molar-refractivity contribution < 1.29 is 19.1 Å². The summed E-state index contributed by atoms with van der Waals surface area (Å²) in [6, 6.07) is 5.12. The van der Waals surface area contributed by atoms with Crippen LogP contribution in [0.3, 0.4) is 0 Å². The molecule has 1 saturated heterocycles. The van der Waals surface area contributed by atoms with E-state index in [9.17, 15) is 9.59 Å². The monoisotopic (exact) mass is 427 g/mol. The highest BCUT2D eigenvalue weighted by atomic mass is 32.1. The Morgan fingerprint density at radius 2 is 1.87 bits per heavy atom. The highest BCUT2D eigenvalue weighted by molar-refractivity contribution is 7.16. The van der Waals surface area contributed by atoms with Crippen LogP contribution in [0.4, 0.5) is 5.13 Å². The van der Waals surface area contributed by atoms with Gasteiger partial charge in [0.05, 0.1) is 11.6 Å². The maximum absolute atomic E-state index is 13.2. The molecule has 7 nitrogen and oxygen atoms in total. The van der Waals surface area contributed by atoms with Crippen molar-refractivity contribution >= 4 is 28.3 Å². The summed E-state index contributed by atoms with van der Waals surface area (Å²) in [5, 5.41) is 3.46. The van der Waals surface area contributed by atoms with Gasteiger partial charge in [-0.15, -0.1) is 11.3 Å². The van der Waals surface area contributed by atoms with E-state index < -0.39 is 0 Å². The van der Waals surface area contributed by atoms with E-state index in [1.165, 1.54) is 24.2 Å². The molecular formula is C22H25N3O4S. The van der Waals surface area contributed by atoms with Gasteiger partial charge >= 0.3 is 0 Å². The minimum Gasteiger partial charge on any atom is -0.454 e. The number of ether oxygens (including phenoxy) is 2. The van der Waals surface area contributed by atoms with E-state index in [-0.39, 0.29) is 24.5 Å². The second kappa shape index (κ2) is 8.26. The number of benzene rings is 1. The lowest BCUT2D eigenvalue weighted by Gasteiger charge is -2.27. The van der Waals surface area contributed by atoms with Crippen molar-refractivity contribution in [2.75, 3.05) is 25.2 Å². The summed E-state index contributed by atoms with van der Waals surface area (Å²) in [4.78, 5) is 33.8. The average molecular weight is 428 g/mol. The molecule has 1 unspecified atom stereocenters. The van der Waals surface area contributed by atoms with E-state index in [0.717, 1.165) is 55.8 Å². The Morgan fingerprint density at radius 3 is 2.70 bits per heavy atom. The van der Waals surface area contributed by atoms with Gasteiger partial charge in [0.1, 0.15) is 0 Å². The number of hydrogen-bond acceptors (Lipinski definition) is 6. The molecule has 0 spiro atoms. The highest BCUT2D eigenvalue weighted by Crippen LogP contribution is 2.38. The minimum atomic E-state index is -0.241. The molecule has 3 aliphatic rings. The van der Waals surface area contributed by atoms with Crippen molar-refractivity contribution in [2.45, 2.75) is 50.9 Å². The molecular weight excluding hydrogens is 402 g/mol. The molecule has 3 heterocycles. The van der Waals surface area contributed by atoms with Gasteiger partial charge in [0, 0.05) is 23.5 Å². The van der Waals surface area contributed by atoms with E-state index in [4.69, 9.17) is 14.5 Å². The number of anilines is 1. The van der Waals surface area contributed by atoms with Gasteiger partial charge in [-0.25, -0.2) is 4.98 Å². The van der Waals surface area contributed by atoms with Gasteiger partial charge in [-0.2, -0.15) is 0 Å². The SMILES string of the molecule is O=C(Nc1nc2c(s1)CCCC2C(=O)N1CCCCCC1)c1ccc2c(c1)OCO2. The number of fused-ring (bicyclic) bond motifs is 2. The Hall–Kier alpha value is -2.61. The summed E-state index contributed by atoms with van der Waals surface area (Å²) in [6.45, 7) is 1.87. The summed E-state index contributed by atoms with van der Waals surface area (Å²) in [5.41, 5.74) is 1.35. The largest absolute Gasteiger partial charge is 0.454 e. The predicted octanol–water partition coefficient (Wildman–Crippen LogP) is 3.95. The molecule has 0 saturated carbocycles. The predicted molar refractivity (Wildman–Crippen MR) is 113 cm³/mol. The Balaban J connectivity index is 1.32. The summed E-state index contributed by atoms with van der Waals surface area (Å²) in [6.07, 6.45) is 7.30. The van der Waals surface area contributed by atoms with E-state index in [0.29, 0.717) is 22.2 Å². The first-order valence-electron chi connectivity index (χ1n) is 10.7. The number of hydrogen-bond donors (Lipinski definition) is 1. The number of nitrogens with one attached hydrogen (secondary N) is 1. The Morgan fingerprint density at radius 1 is 1.07 bits per heavy atom. The molecule has 0 bridgehead atoms. The lowest BCUT2D eigenvalue weighted by molar-refractivity contribution is -0.133. The Labute approximate surface area is 179 Å². The second-order valence-electron chi connectivity index (χ2n) is 8.03. The molecule has 0 radical (unpaired) electrons. The molecule has 1 fully saturated rings. The number of carbonyl (C=O) groups is 2. The van der Waals surface area contributed by atoms with Gasteiger partial charge in [-0.3, -0.25) is 14.9 Å². The number of nitrogens with zero attached hydrogens (tertiary/aromatic N) is 2. The fourth-order valence-corrected chi connectivity index (χ4v) is 5.49. The quantitative estimate of drug-likeness (QED) is 0.802. The third-order valence-electron chi connectivity index (χ3n) is 6.03. The van der Waals surface area contributed by atoms with Crippen molar-refractivity contribution in [3.05, 3.63) is 34.3 Å². The van der Waals surface area contributed by atoms with Gasteiger partial charge in [0.25, 0.3) is 5.91 Å². The number of aromatic nitrogens is 1. The number of aryl methyl sites for hydroxylation is 1. The molecule has 8 heteroatoms. The number of thiazole rings is 1. The third kappa shape index (κ3) is 3.76. The molecule has 30 heavy (non-hydrogen) atoms. The van der Waals surface area contributed by atoms with Crippen LogP contribution in [0.15, 0.2) is 18.2 Å². The average Bonchev–Trinajstić information content (AvgIpc) is 3.30. The van der Waals surface area contributed by atoms with Gasteiger partial charge in [-0.05, 0) is 50.3 Å². The van der Waals surface area contributed by atoms with Crippen molar-refractivity contribution in [3.8, 4) is 11.5 Å². The zero-order valence-electron chi connectivity index (χ0n) is 16.8. The molecule has 158 valence electrons. The van der Waals surface area contributed by atoms with E-state index >= 15 is 0 Å². The minimum absolute atomic E-state index is 0.173. The number of rotatable bonds is 3. The lowest BCUT2D eigenvalue weighted by Crippen LogP contribution is -2.37. The van der Waals surface area contributed by atoms with E-state index in [2.05, 4.69) is 5.32 Å². The van der Waals surface area contributed by atoms with Gasteiger partial charge in [0.2, 0.25) is 12.7 Å². The molecule has 1 aromatic heterocycles. The van der Waals surface area contributed by atoms with Crippen LogP contribution in [0.25, 0.3) is 0 Å². The van der Waals surface area contributed by atoms with Crippen molar-refractivity contribution in [3.63, 3.8) is 0 Å². The van der Waals surface area contributed by atoms with Crippen LogP contribution in [0.5, 0.6) is 11.5 Å². The maximum Gasteiger partial charge on any atom is 0.257 e. The fourth-order valence-electron chi connectivity index (χ4n) is 4.43. The standard InChI is InChI=1S/C22H25N3O4S/c26-20(14-8-9-16-17(12-14)29-13-28-16)24-22-23-19-15(6-5-7-18(19)30-22)21(27)25-10-3-1-2-4-11-25/h8-9,12,15H,1-7,10-11,13H2,(H,23,24,26). The van der Waals surface area contributed by atoms with Crippen LogP contribution in [0.2, 0.25) is 0 Å². The Bertz CT molecular complexity index is 965. The fraction of sp³-hybridized carbons (Fsp3) is 0.500. The maximum atomic E-state index is 13.2. The molecule has 2 aliphatic heterocycles. The summed E-state index contributed by atoms with van der Waals surface area (Å²) in [5.74, 6) is 1.00. The van der Waals surface area contributed by atoms with Crippen molar-refractivity contribution in [2.24, 2.45) is 0 Å². The van der Waals surface area contributed by atoms with Crippen molar-refractivity contribution in [1.82, 2.24) is 9.88 Å². The summed E-state index contributed by atoms with van der Waals surface area (Å²) < 4.78 is 10.7. The molecule has 1 atom stereocenters. The second-order valence-corrected chi connectivity index (χ2v) is 9.12. The normalized spacial score (nSPS) is 20.4. The van der Waals surface area contributed by atoms with Gasteiger partial charge < -0.3 is 14.4 Å². The molecule has 1 aliphatic carbocycles. The molecule has 1 aromatic carbocycles. The molecule has 2 amide bonds. The van der Waals surface area contributed by atoms with Crippen LogP contribution in [0.1, 0.15) is 65.4 Å². The van der Waals surface area contributed by atoms with Crippen LogP contribution < -0.4 is 14.8 Å². The summed E-state index contributed by atoms with van der Waals surface area (Å²) >= 11 is 1.49. The first-order chi connectivity index (χ1) is 14.7. The van der Waals surface area contributed by atoms with Gasteiger partial charge in [0.15, 0.2) is 16.6 Å². The lowest BCUT2D eigenvalue weighted by atomic mass is 9.90. The number of likely N-dealkylation sites (tertiary alicyclic amines) is 1. The first-order valence-corrected chi connectivity index (χ1v) is 11.5. The van der Waals surface area contributed by atoms with E-state index in [1.807, 2.05) is 4.90 Å². The Kier molecular flexibility index (Phi) is 5.33. The first kappa shape index (κ1) is 19.4. The number of amides is 2. The van der Waals surface area contributed by atoms with Gasteiger partial charge in [-0.1, -0.05) is 12.8 Å². The van der Waals surface area contributed by atoms with Crippen LogP contribution in [-0.4, -0.2) is 41.6 Å². The smallest absolute Gasteiger partial charge is 0.257 e. The topological polar surface area (TPSA) is 80.8 Å². The third-order valence-corrected chi connectivity index (χ3v) is 7.07. The van der Waals surface area contributed by atoms with E-state index in [1.54, 1.807) is 18.2 Å². The summed E-state index contributed by atoms with van der Waals surface area (Å²) in [7, 11) is 0. The molecule has 2 aromatic rings.